The zero-order chi connectivity index (χ0) is 16.7. The molecule has 2 aromatic rings. The fourth-order valence-corrected chi connectivity index (χ4v) is 2.08. The monoisotopic (exact) mass is 314 g/mol. The Bertz CT molecular complexity index is 716. The van der Waals surface area contributed by atoms with Gasteiger partial charge in [-0.2, -0.15) is 0 Å². The molecule has 0 spiro atoms. The van der Waals surface area contributed by atoms with Crippen molar-refractivity contribution in [1.82, 2.24) is 4.57 Å². The molecule has 0 saturated heterocycles. The SMILES string of the molecule is COc1ccc2cc([B-](F)(F)F)n(C(=O)OC(C)(C)C)c2c1. The van der Waals surface area contributed by atoms with E-state index in [2.05, 4.69) is 0 Å². The Morgan fingerprint density at radius 2 is 1.82 bits per heavy atom. The third-order valence-corrected chi connectivity index (χ3v) is 2.95. The zero-order valence-electron chi connectivity index (χ0n) is 12.7. The normalized spacial score (nSPS) is 12.5. The van der Waals surface area contributed by atoms with E-state index >= 15 is 0 Å². The van der Waals surface area contributed by atoms with Crippen molar-refractivity contribution in [3.8, 4) is 5.75 Å². The minimum atomic E-state index is -5.36. The number of hydrogen-bond acceptors (Lipinski definition) is 3. The van der Waals surface area contributed by atoms with Crippen molar-refractivity contribution in [1.29, 1.82) is 0 Å². The van der Waals surface area contributed by atoms with E-state index in [1.807, 2.05) is 0 Å². The lowest BCUT2D eigenvalue weighted by Gasteiger charge is -2.23. The molecule has 8 heteroatoms. The molecule has 0 aliphatic carbocycles. The van der Waals surface area contributed by atoms with Crippen LogP contribution in [0.2, 0.25) is 0 Å². The van der Waals surface area contributed by atoms with Crippen molar-refractivity contribution in [2.45, 2.75) is 26.4 Å². The third kappa shape index (κ3) is 3.21. The molecule has 0 N–H and O–H groups in total. The van der Waals surface area contributed by atoms with Gasteiger partial charge in [0.05, 0.1) is 12.6 Å². The Hall–Kier alpha value is -2.12. The Morgan fingerprint density at radius 3 is 2.32 bits per heavy atom. The summed E-state index contributed by atoms with van der Waals surface area (Å²) >= 11 is 0. The lowest BCUT2D eigenvalue weighted by Crippen LogP contribution is -2.43. The van der Waals surface area contributed by atoms with E-state index in [4.69, 9.17) is 9.47 Å². The van der Waals surface area contributed by atoms with Gasteiger partial charge < -0.3 is 22.4 Å². The van der Waals surface area contributed by atoms with Crippen molar-refractivity contribution in [3.05, 3.63) is 24.3 Å². The van der Waals surface area contributed by atoms with Crippen LogP contribution in [0, 0.1) is 0 Å². The van der Waals surface area contributed by atoms with Crippen LogP contribution in [0.15, 0.2) is 24.3 Å². The topological polar surface area (TPSA) is 40.5 Å². The molecule has 2 rings (SSSR count). The van der Waals surface area contributed by atoms with E-state index in [1.165, 1.54) is 25.3 Å². The van der Waals surface area contributed by atoms with Gasteiger partial charge in [0.2, 0.25) is 0 Å². The van der Waals surface area contributed by atoms with Crippen LogP contribution in [0.1, 0.15) is 20.8 Å². The average Bonchev–Trinajstić information content (AvgIpc) is 2.74. The van der Waals surface area contributed by atoms with Crippen molar-refractivity contribution in [3.63, 3.8) is 0 Å². The predicted molar refractivity (Wildman–Crippen MR) is 78.8 cm³/mol. The summed E-state index contributed by atoms with van der Waals surface area (Å²) in [7, 11) is 1.40. The smallest absolute Gasteiger partial charge is 0.497 e. The highest BCUT2D eigenvalue weighted by Crippen LogP contribution is 2.25. The quantitative estimate of drug-likeness (QED) is 0.797. The first kappa shape index (κ1) is 16.3. The molecule has 0 radical (unpaired) electrons. The number of carbonyl (C=O) groups excluding carboxylic acids is 1. The molecule has 0 bridgehead atoms. The van der Waals surface area contributed by atoms with Crippen LogP contribution in [-0.2, 0) is 4.74 Å². The second kappa shape index (κ2) is 5.26. The summed E-state index contributed by atoms with van der Waals surface area (Å²) in [5.74, 6) is 0.358. The zero-order valence-corrected chi connectivity index (χ0v) is 12.7. The summed E-state index contributed by atoms with van der Waals surface area (Å²) in [6.45, 7) is -0.586. The molecule has 0 fully saturated rings. The maximum absolute atomic E-state index is 13.3. The summed E-state index contributed by atoms with van der Waals surface area (Å²) < 4.78 is 50.5. The van der Waals surface area contributed by atoms with Crippen LogP contribution in [0.25, 0.3) is 10.9 Å². The van der Waals surface area contributed by atoms with E-state index in [0.717, 1.165) is 6.07 Å². The van der Waals surface area contributed by atoms with Crippen LogP contribution in [0.4, 0.5) is 17.7 Å². The number of carbonyl (C=O) groups is 1. The highest BCUT2D eigenvalue weighted by Gasteiger charge is 2.34. The summed E-state index contributed by atoms with van der Waals surface area (Å²) in [6, 6.07) is 5.33. The van der Waals surface area contributed by atoms with Crippen molar-refractivity contribution in [2.75, 3.05) is 7.11 Å². The molecule has 0 atom stereocenters. The second-order valence-corrected chi connectivity index (χ2v) is 5.88. The lowest BCUT2D eigenvalue weighted by atomic mass is 9.86. The molecule has 4 nitrogen and oxygen atoms in total. The van der Waals surface area contributed by atoms with E-state index in [9.17, 15) is 17.7 Å². The maximum atomic E-state index is 13.3. The molecule has 120 valence electrons. The predicted octanol–water partition coefficient (Wildman–Crippen LogP) is 3.49. The Labute approximate surface area is 125 Å². The van der Waals surface area contributed by atoms with Crippen LogP contribution in [-0.4, -0.2) is 30.3 Å². The summed E-state index contributed by atoms with van der Waals surface area (Å²) in [5.41, 5.74) is -1.82. The van der Waals surface area contributed by atoms with Gasteiger partial charge in [-0.3, -0.25) is 4.57 Å². The molecule has 0 aliphatic heterocycles. The maximum Gasteiger partial charge on any atom is 0.526 e. The highest BCUT2D eigenvalue weighted by molar-refractivity contribution is 6.73. The van der Waals surface area contributed by atoms with Gasteiger partial charge >= 0.3 is 13.1 Å². The Balaban J connectivity index is 2.68. The Kier molecular flexibility index (Phi) is 3.89. The van der Waals surface area contributed by atoms with Gasteiger partial charge in [-0.05, 0) is 43.9 Å². The molecule has 1 aromatic heterocycles. The first-order valence-corrected chi connectivity index (χ1v) is 6.65. The number of fused-ring (bicyclic) bond motifs is 1. The summed E-state index contributed by atoms with van der Waals surface area (Å²) in [4.78, 5) is 12.2. The molecule has 1 heterocycles. The fourth-order valence-electron chi connectivity index (χ4n) is 2.08. The summed E-state index contributed by atoms with van der Waals surface area (Å²) in [5, 5.41) is 0.292. The standard InChI is InChI=1S/C14H16BF3NO3/c1-14(2,3)22-13(20)19-11-8-10(21-4)6-5-9(11)7-12(19)15(16,17)18/h5-8H,1-4H3/q-1. The van der Waals surface area contributed by atoms with E-state index in [-0.39, 0.29) is 5.52 Å². The van der Waals surface area contributed by atoms with Crippen LogP contribution in [0.3, 0.4) is 0 Å². The average molecular weight is 314 g/mol. The minimum absolute atomic E-state index is 0.0998. The first-order chi connectivity index (χ1) is 10.0. The largest absolute Gasteiger partial charge is 0.526 e. The number of nitrogens with zero attached hydrogens (tertiary/aromatic N) is 1. The third-order valence-electron chi connectivity index (χ3n) is 2.95. The molecule has 22 heavy (non-hydrogen) atoms. The number of benzene rings is 1. The van der Waals surface area contributed by atoms with Gasteiger partial charge in [0.1, 0.15) is 11.4 Å². The molecule has 0 aliphatic rings. The molecule has 0 saturated carbocycles. The van der Waals surface area contributed by atoms with E-state index in [0.29, 0.717) is 15.7 Å². The number of aromatic nitrogens is 1. The van der Waals surface area contributed by atoms with Crippen LogP contribution in [0.5, 0.6) is 5.75 Å². The number of ether oxygens (including phenoxy) is 2. The van der Waals surface area contributed by atoms with Crippen LogP contribution < -0.4 is 10.3 Å². The highest BCUT2D eigenvalue weighted by atomic mass is 19.4. The van der Waals surface area contributed by atoms with Gasteiger partial charge in [0.25, 0.3) is 0 Å². The van der Waals surface area contributed by atoms with Gasteiger partial charge in [-0.1, -0.05) is 6.07 Å². The van der Waals surface area contributed by atoms with Crippen molar-refractivity contribution < 1.29 is 27.2 Å². The summed E-state index contributed by atoms with van der Waals surface area (Å²) in [6.07, 6.45) is -1.06. The molecular formula is C14H16BF3NO3-. The fraction of sp³-hybridized carbons (Fsp3) is 0.357. The van der Waals surface area contributed by atoms with Crippen molar-refractivity contribution in [2.24, 2.45) is 0 Å². The van der Waals surface area contributed by atoms with Crippen molar-refractivity contribution >= 4 is 29.6 Å². The van der Waals surface area contributed by atoms with Gasteiger partial charge in [0.15, 0.2) is 0 Å². The van der Waals surface area contributed by atoms with E-state index < -0.39 is 24.3 Å². The van der Waals surface area contributed by atoms with Gasteiger partial charge in [0, 0.05) is 6.07 Å². The number of methoxy groups -OCH3 is 1. The molecule has 1 aromatic carbocycles. The van der Waals surface area contributed by atoms with Crippen LogP contribution >= 0.6 is 0 Å². The Morgan fingerprint density at radius 1 is 1.18 bits per heavy atom. The number of rotatable bonds is 2. The minimum Gasteiger partial charge on any atom is -0.497 e. The number of hydrogen-bond donors (Lipinski definition) is 0. The lowest BCUT2D eigenvalue weighted by molar-refractivity contribution is 0.0547. The van der Waals surface area contributed by atoms with Gasteiger partial charge in [-0.15, -0.1) is 0 Å². The molecule has 0 amide bonds. The molecule has 0 unspecified atom stereocenters. The second-order valence-electron chi connectivity index (χ2n) is 5.88. The van der Waals surface area contributed by atoms with E-state index in [1.54, 1.807) is 20.8 Å². The molecular weight excluding hydrogens is 298 g/mol. The first-order valence-electron chi connectivity index (χ1n) is 6.65. The number of halogens is 3. The van der Waals surface area contributed by atoms with Gasteiger partial charge in [-0.25, -0.2) is 4.79 Å².